The number of anilines is 1. The van der Waals surface area contributed by atoms with Crippen LogP contribution in [0.25, 0.3) is 0 Å². The summed E-state index contributed by atoms with van der Waals surface area (Å²) in [7, 11) is 0. The van der Waals surface area contributed by atoms with E-state index in [1.807, 2.05) is 5.32 Å². The van der Waals surface area contributed by atoms with Crippen molar-refractivity contribution >= 4 is 39.5 Å². The van der Waals surface area contributed by atoms with Gasteiger partial charge in [-0.1, -0.05) is 15.9 Å². The number of carbonyl (C=O) groups is 3. The lowest BCUT2D eigenvalue weighted by molar-refractivity contribution is -0.199. The zero-order valence-electron chi connectivity index (χ0n) is 13.0. The van der Waals surface area contributed by atoms with E-state index in [9.17, 15) is 40.7 Å². The lowest BCUT2D eigenvalue weighted by Gasteiger charge is -2.16. The number of amides is 1. The van der Waals surface area contributed by atoms with Gasteiger partial charge in [0.15, 0.2) is 13.2 Å². The Hall–Kier alpha value is -2.31. The average molecular weight is 466 g/mol. The van der Waals surface area contributed by atoms with Crippen molar-refractivity contribution in [3.8, 4) is 0 Å². The largest absolute Gasteiger partial charge is 0.455 e. The number of esters is 2. The first-order valence-corrected chi connectivity index (χ1v) is 7.61. The van der Waals surface area contributed by atoms with Crippen molar-refractivity contribution in [1.82, 2.24) is 0 Å². The maximum absolute atomic E-state index is 12.1. The Labute approximate surface area is 155 Å². The molecule has 150 valence electrons. The summed E-state index contributed by atoms with van der Waals surface area (Å²) in [4.78, 5) is 35.4. The highest BCUT2D eigenvalue weighted by Crippen LogP contribution is 2.20. The van der Waals surface area contributed by atoms with E-state index in [4.69, 9.17) is 0 Å². The third-order valence-electron chi connectivity index (χ3n) is 2.60. The van der Waals surface area contributed by atoms with Gasteiger partial charge in [-0.25, -0.2) is 0 Å². The molecule has 0 aliphatic rings. The molecule has 1 N–H and O–H groups in total. The van der Waals surface area contributed by atoms with Crippen LogP contribution in [0.4, 0.5) is 32.0 Å². The van der Waals surface area contributed by atoms with E-state index in [-0.39, 0.29) is 5.69 Å². The Kier molecular flexibility index (Phi) is 7.63. The van der Waals surface area contributed by atoms with Crippen molar-refractivity contribution in [2.24, 2.45) is 5.92 Å². The monoisotopic (exact) mass is 465 g/mol. The Morgan fingerprint density at radius 2 is 1.30 bits per heavy atom. The molecule has 13 heteroatoms. The number of alkyl halides is 6. The van der Waals surface area contributed by atoms with Gasteiger partial charge in [-0.05, 0) is 24.3 Å². The fourth-order valence-electron chi connectivity index (χ4n) is 1.53. The third-order valence-corrected chi connectivity index (χ3v) is 3.13. The molecule has 0 aromatic heterocycles. The predicted molar refractivity (Wildman–Crippen MR) is 80.3 cm³/mol. The molecule has 0 aliphatic heterocycles. The highest BCUT2D eigenvalue weighted by atomic mass is 79.9. The van der Waals surface area contributed by atoms with Gasteiger partial charge in [-0.3, -0.25) is 14.4 Å². The van der Waals surface area contributed by atoms with Crippen molar-refractivity contribution in [2.75, 3.05) is 18.5 Å². The van der Waals surface area contributed by atoms with E-state index in [2.05, 4.69) is 25.4 Å². The molecule has 1 rings (SSSR count). The molecule has 0 heterocycles. The highest BCUT2D eigenvalue weighted by Gasteiger charge is 2.41. The number of rotatable bonds is 6. The molecule has 0 atom stereocenters. The van der Waals surface area contributed by atoms with E-state index in [1.54, 1.807) is 0 Å². The van der Waals surface area contributed by atoms with Gasteiger partial charge in [-0.15, -0.1) is 0 Å². The molecule has 0 bridgehead atoms. The van der Waals surface area contributed by atoms with Crippen molar-refractivity contribution in [2.45, 2.75) is 12.4 Å². The molecular formula is C14H10BrF6NO5. The standard InChI is InChI=1S/C14H10BrF6NO5/c15-7-1-3-8(4-2-7)22-10(23)9(11(24)26-5-13(16,17)18)12(25)27-6-14(19,20)21/h1-4,9H,5-6H2,(H,22,23). The van der Waals surface area contributed by atoms with Crippen molar-refractivity contribution in [3.05, 3.63) is 28.7 Å². The number of hydrogen-bond donors (Lipinski definition) is 1. The molecule has 1 amide bonds. The highest BCUT2D eigenvalue weighted by molar-refractivity contribution is 9.10. The topological polar surface area (TPSA) is 81.7 Å². The van der Waals surface area contributed by atoms with Crippen LogP contribution in [0.1, 0.15) is 0 Å². The molecule has 0 aliphatic carbocycles. The number of halogens is 7. The summed E-state index contributed by atoms with van der Waals surface area (Å²) < 4.78 is 80.9. The SMILES string of the molecule is O=C(Nc1ccc(Br)cc1)C(C(=O)OCC(F)(F)F)C(=O)OCC(F)(F)F. The molecule has 0 saturated carbocycles. The molecule has 0 radical (unpaired) electrons. The third kappa shape index (κ3) is 8.75. The van der Waals surface area contributed by atoms with Crippen molar-refractivity contribution < 1.29 is 50.2 Å². The number of ether oxygens (including phenoxy) is 2. The first-order chi connectivity index (χ1) is 12.3. The van der Waals surface area contributed by atoms with Gasteiger partial charge in [0.05, 0.1) is 0 Å². The lowest BCUT2D eigenvalue weighted by Crippen LogP contribution is -2.40. The van der Waals surface area contributed by atoms with Crippen LogP contribution in [0.5, 0.6) is 0 Å². The van der Waals surface area contributed by atoms with Crippen LogP contribution >= 0.6 is 15.9 Å². The van der Waals surface area contributed by atoms with Gasteiger partial charge in [0.1, 0.15) is 0 Å². The minimum atomic E-state index is -4.97. The quantitative estimate of drug-likeness (QED) is 0.396. The van der Waals surface area contributed by atoms with Gasteiger partial charge in [-0.2, -0.15) is 26.3 Å². The summed E-state index contributed by atoms with van der Waals surface area (Å²) in [5.41, 5.74) is 0.0143. The molecule has 1 aromatic carbocycles. The van der Waals surface area contributed by atoms with E-state index >= 15 is 0 Å². The van der Waals surface area contributed by atoms with Gasteiger partial charge in [0, 0.05) is 10.2 Å². The zero-order chi connectivity index (χ0) is 20.8. The second kappa shape index (κ2) is 9.06. The van der Waals surface area contributed by atoms with Gasteiger partial charge in [0.2, 0.25) is 11.8 Å². The van der Waals surface area contributed by atoms with Crippen molar-refractivity contribution in [1.29, 1.82) is 0 Å². The molecule has 0 spiro atoms. The minimum absolute atomic E-state index is 0.0143. The Balaban J connectivity index is 2.93. The zero-order valence-corrected chi connectivity index (χ0v) is 14.6. The van der Waals surface area contributed by atoms with Crippen LogP contribution in [0, 0.1) is 5.92 Å². The van der Waals surface area contributed by atoms with E-state index in [1.165, 1.54) is 24.3 Å². The lowest BCUT2D eigenvalue weighted by atomic mass is 10.1. The summed E-state index contributed by atoms with van der Waals surface area (Å²) in [6.45, 7) is -4.28. The fraction of sp³-hybridized carbons (Fsp3) is 0.357. The number of nitrogens with one attached hydrogen (secondary N) is 1. The molecule has 0 unspecified atom stereocenters. The molecular weight excluding hydrogens is 456 g/mol. The van der Waals surface area contributed by atoms with Gasteiger partial charge >= 0.3 is 24.3 Å². The molecule has 0 saturated heterocycles. The second-order valence-electron chi connectivity index (χ2n) is 4.87. The minimum Gasteiger partial charge on any atom is -0.455 e. The summed E-state index contributed by atoms with van der Waals surface area (Å²) in [6, 6.07) is 5.46. The second-order valence-corrected chi connectivity index (χ2v) is 5.79. The maximum atomic E-state index is 12.1. The number of hydrogen-bond acceptors (Lipinski definition) is 5. The molecule has 6 nitrogen and oxygen atoms in total. The molecule has 1 aromatic rings. The Bertz CT molecular complexity index is 659. The predicted octanol–water partition coefficient (Wildman–Crippen LogP) is 3.21. The molecule has 27 heavy (non-hydrogen) atoms. The van der Waals surface area contributed by atoms with Crippen LogP contribution in [0.3, 0.4) is 0 Å². The van der Waals surface area contributed by atoms with Crippen LogP contribution < -0.4 is 5.32 Å². The van der Waals surface area contributed by atoms with E-state index < -0.39 is 49.3 Å². The summed E-state index contributed by atoms with van der Waals surface area (Å²) >= 11 is 3.09. The smallest absolute Gasteiger partial charge is 0.422 e. The first kappa shape index (κ1) is 22.7. The van der Waals surface area contributed by atoms with Gasteiger partial charge < -0.3 is 14.8 Å². The average Bonchev–Trinajstić information content (AvgIpc) is 2.52. The summed E-state index contributed by atoms with van der Waals surface area (Å²) in [5.74, 6) is -8.21. The first-order valence-electron chi connectivity index (χ1n) is 6.82. The molecule has 0 fully saturated rings. The van der Waals surface area contributed by atoms with Crippen LogP contribution in [0.2, 0.25) is 0 Å². The van der Waals surface area contributed by atoms with Gasteiger partial charge in [0.25, 0.3) is 0 Å². The fourth-order valence-corrected chi connectivity index (χ4v) is 1.79. The van der Waals surface area contributed by atoms with Crippen LogP contribution in [-0.4, -0.2) is 43.4 Å². The van der Waals surface area contributed by atoms with E-state index in [0.29, 0.717) is 4.47 Å². The Morgan fingerprint density at radius 3 is 1.67 bits per heavy atom. The van der Waals surface area contributed by atoms with Crippen molar-refractivity contribution in [3.63, 3.8) is 0 Å². The van der Waals surface area contributed by atoms with Crippen LogP contribution in [0.15, 0.2) is 28.7 Å². The normalized spacial score (nSPS) is 11.9. The number of carbonyl (C=O) groups excluding carboxylic acids is 3. The maximum Gasteiger partial charge on any atom is 0.422 e. The summed E-state index contributed by atoms with van der Waals surface area (Å²) in [5, 5.41) is 2.00. The Morgan fingerprint density at radius 1 is 0.889 bits per heavy atom. The summed E-state index contributed by atoms with van der Waals surface area (Å²) in [6.07, 6.45) is -9.95. The van der Waals surface area contributed by atoms with E-state index in [0.717, 1.165) is 0 Å². The number of benzene rings is 1. The van der Waals surface area contributed by atoms with Crippen LogP contribution in [-0.2, 0) is 23.9 Å².